The molecule has 2 heterocycles. The van der Waals surface area contributed by atoms with Gasteiger partial charge in [0, 0.05) is 17.5 Å². The van der Waals surface area contributed by atoms with E-state index in [4.69, 9.17) is 15.2 Å². The van der Waals surface area contributed by atoms with Crippen LogP contribution in [0, 0.1) is 17.8 Å². The Morgan fingerprint density at radius 1 is 1.32 bits per heavy atom. The van der Waals surface area contributed by atoms with Crippen molar-refractivity contribution < 1.29 is 14.3 Å². The molecule has 0 unspecified atom stereocenters. The van der Waals surface area contributed by atoms with Crippen LogP contribution in [-0.4, -0.2) is 36.7 Å². The fourth-order valence-electron chi connectivity index (χ4n) is 3.80. The maximum atomic E-state index is 11.7. The fourth-order valence-corrected chi connectivity index (χ4v) is 3.80. The lowest BCUT2D eigenvalue weighted by atomic mass is 10.1. The van der Waals surface area contributed by atoms with Crippen molar-refractivity contribution in [3.63, 3.8) is 0 Å². The molecule has 132 valence electrons. The molecule has 3 N–H and O–H groups in total. The highest BCUT2D eigenvalue weighted by atomic mass is 16.5. The van der Waals surface area contributed by atoms with Gasteiger partial charge in [-0.3, -0.25) is 9.78 Å². The first-order valence-corrected chi connectivity index (χ1v) is 8.77. The van der Waals surface area contributed by atoms with Crippen molar-refractivity contribution >= 4 is 16.8 Å². The Labute approximate surface area is 146 Å². The first-order valence-electron chi connectivity index (χ1n) is 8.77. The summed E-state index contributed by atoms with van der Waals surface area (Å²) < 4.78 is 11.9. The zero-order chi connectivity index (χ0) is 17.6. The molecule has 25 heavy (non-hydrogen) atoms. The van der Waals surface area contributed by atoms with E-state index in [2.05, 4.69) is 10.3 Å². The van der Waals surface area contributed by atoms with E-state index in [-0.39, 0.29) is 6.10 Å². The van der Waals surface area contributed by atoms with Gasteiger partial charge >= 0.3 is 0 Å². The molecular formula is C19H23N3O3. The predicted octanol–water partition coefficient (Wildman–Crippen LogP) is 1.97. The summed E-state index contributed by atoms with van der Waals surface area (Å²) in [5.74, 6) is 2.88. The van der Waals surface area contributed by atoms with E-state index in [0.29, 0.717) is 29.4 Å². The molecule has 2 aromatic rings. The third-order valence-corrected chi connectivity index (χ3v) is 5.13. The number of rotatable bonds is 6. The Kier molecular flexibility index (Phi) is 4.00. The highest BCUT2D eigenvalue weighted by Crippen LogP contribution is 2.48. The van der Waals surface area contributed by atoms with Crippen LogP contribution >= 0.6 is 0 Å². The highest BCUT2D eigenvalue weighted by molar-refractivity contribution is 6.01. The van der Waals surface area contributed by atoms with Crippen LogP contribution in [0.2, 0.25) is 0 Å². The van der Waals surface area contributed by atoms with Crippen molar-refractivity contribution in [1.29, 1.82) is 0 Å². The van der Waals surface area contributed by atoms with Crippen LogP contribution in [-0.2, 0) is 0 Å². The number of ether oxygens (including phenoxy) is 2. The number of fused-ring (bicyclic) bond motifs is 2. The molecule has 6 heteroatoms. The first kappa shape index (κ1) is 16.1. The van der Waals surface area contributed by atoms with E-state index in [0.717, 1.165) is 36.1 Å². The van der Waals surface area contributed by atoms with Crippen molar-refractivity contribution in [1.82, 2.24) is 10.3 Å². The minimum absolute atomic E-state index is 0.0603. The maximum absolute atomic E-state index is 11.7. The lowest BCUT2D eigenvalue weighted by molar-refractivity contribution is 0.0994. The van der Waals surface area contributed by atoms with Gasteiger partial charge in [0.1, 0.15) is 11.5 Å². The summed E-state index contributed by atoms with van der Waals surface area (Å²) in [5, 5.41) is 4.24. The summed E-state index contributed by atoms with van der Waals surface area (Å²) in [7, 11) is 0. The second-order valence-electron chi connectivity index (χ2n) is 7.17. The van der Waals surface area contributed by atoms with Gasteiger partial charge in [-0.15, -0.1) is 0 Å². The van der Waals surface area contributed by atoms with Crippen molar-refractivity contribution in [3.05, 3.63) is 30.0 Å². The van der Waals surface area contributed by atoms with Gasteiger partial charge in [-0.25, -0.2) is 0 Å². The highest BCUT2D eigenvalue weighted by Gasteiger charge is 2.53. The van der Waals surface area contributed by atoms with Crippen LogP contribution in [0.1, 0.15) is 24.2 Å². The van der Waals surface area contributed by atoms with E-state index in [1.807, 2.05) is 26.0 Å². The summed E-state index contributed by atoms with van der Waals surface area (Å²) in [6.07, 6.45) is 1.63. The van der Waals surface area contributed by atoms with E-state index >= 15 is 0 Å². The Bertz CT molecular complexity index is 811. The molecule has 0 bridgehead atoms. The van der Waals surface area contributed by atoms with Crippen molar-refractivity contribution in [2.45, 2.75) is 20.0 Å². The van der Waals surface area contributed by atoms with Crippen LogP contribution in [0.25, 0.3) is 10.9 Å². The van der Waals surface area contributed by atoms with Gasteiger partial charge < -0.3 is 20.5 Å². The van der Waals surface area contributed by atoms with Gasteiger partial charge in [-0.2, -0.15) is 0 Å². The topological polar surface area (TPSA) is 86.5 Å². The number of hydrogen-bond acceptors (Lipinski definition) is 5. The zero-order valence-electron chi connectivity index (χ0n) is 14.5. The van der Waals surface area contributed by atoms with Gasteiger partial charge in [-0.1, -0.05) is 0 Å². The number of hydrogen-bond donors (Lipinski definition) is 2. The Hall–Kier alpha value is -2.34. The Morgan fingerprint density at radius 2 is 2.08 bits per heavy atom. The molecular weight excluding hydrogens is 318 g/mol. The number of aromatic nitrogens is 1. The molecule has 1 aromatic carbocycles. The number of amides is 1. The number of pyridine rings is 1. The SMILES string of the molecule is CC(C)Oc1cc2c(OC[C@@H]3[C@@H]4CNC[C@@H]43)ccnc2cc1C(N)=O. The van der Waals surface area contributed by atoms with Gasteiger partial charge in [0.25, 0.3) is 5.91 Å². The molecule has 1 aromatic heterocycles. The molecule has 2 fully saturated rings. The third-order valence-electron chi connectivity index (χ3n) is 5.13. The Balaban J connectivity index is 1.63. The third kappa shape index (κ3) is 3.02. The average Bonchev–Trinajstić information content (AvgIpc) is 2.99. The van der Waals surface area contributed by atoms with Crippen LogP contribution in [0.4, 0.5) is 0 Å². The van der Waals surface area contributed by atoms with Gasteiger partial charge in [-0.05, 0) is 57.0 Å². The van der Waals surface area contributed by atoms with Crippen LogP contribution in [0.3, 0.4) is 0 Å². The summed E-state index contributed by atoms with van der Waals surface area (Å²) in [6, 6.07) is 5.35. The minimum atomic E-state index is -0.524. The van der Waals surface area contributed by atoms with E-state index in [1.165, 1.54) is 0 Å². The van der Waals surface area contributed by atoms with E-state index < -0.39 is 5.91 Å². The van der Waals surface area contributed by atoms with Crippen molar-refractivity contribution in [2.24, 2.45) is 23.5 Å². The van der Waals surface area contributed by atoms with E-state index in [1.54, 1.807) is 12.3 Å². The molecule has 1 aliphatic heterocycles. The average molecular weight is 341 g/mol. The number of nitrogens with zero attached hydrogens (tertiary/aromatic N) is 1. The molecule has 3 atom stereocenters. The second kappa shape index (κ2) is 6.19. The number of carbonyl (C=O) groups excluding carboxylic acids is 1. The van der Waals surface area contributed by atoms with Gasteiger partial charge in [0.15, 0.2) is 0 Å². The molecule has 0 spiro atoms. The largest absolute Gasteiger partial charge is 0.493 e. The Morgan fingerprint density at radius 3 is 2.76 bits per heavy atom. The van der Waals surface area contributed by atoms with Crippen LogP contribution in [0.5, 0.6) is 11.5 Å². The molecule has 2 aliphatic rings. The quantitative estimate of drug-likeness (QED) is 0.839. The summed E-state index contributed by atoms with van der Waals surface area (Å²) >= 11 is 0. The predicted molar refractivity (Wildman–Crippen MR) is 94.9 cm³/mol. The van der Waals surface area contributed by atoms with Crippen LogP contribution in [0.15, 0.2) is 24.4 Å². The zero-order valence-corrected chi connectivity index (χ0v) is 14.5. The minimum Gasteiger partial charge on any atom is -0.493 e. The van der Waals surface area contributed by atoms with Gasteiger partial charge in [0.2, 0.25) is 0 Å². The normalized spacial score (nSPS) is 24.4. The fraction of sp³-hybridized carbons (Fsp3) is 0.474. The smallest absolute Gasteiger partial charge is 0.252 e. The first-order chi connectivity index (χ1) is 12.0. The number of benzene rings is 1. The molecule has 0 radical (unpaired) electrons. The molecule has 6 nitrogen and oxygen atoms in total. The number of primary amides is 1. The number of piperidine rings is 1. The number of carbonyl (C=O) groups is 1. The number of nitrogens with one attached hydrogen (secondary N) is 1. The molecule has 1 amide bonds. The summed E-state index contributed by atoms with van der Waals surface area (Å²) in [4.78, 5) is 16.1. The molecule has 1 saturated heterocycles. The maximum Gasteiger partial charge on any atom is 0.252 e. The molecule has 1 aliphatic carbocycles. The van der Waals surface area contributed by atoms with Gasteiger partial charge in [0.05, 0.1) is 23.8 Å². The van der Waals surface area contributed by atoms with Crippen molar-refractivity contribution in [2.75, 3.05) is 19.7 Å². The van der Waals surface area contributed by atoms with Crippen LogP contribution < -0.4 is 20.5 Å². The molecule has 4 rings (SSSR count). The standard InChI is InChI=1S/C19H23N3O3/c1-10(2)25-18-6-11-16(5-12(18)19(20)23)22-4-3-17(11)24-9-15-13-7-21-8-14(13)15/h3-6,10,13-15,21H,7-9H2,1-2H3,(H2,20,23)/t13-,14+,15-. The molecule has 1 saturated carbocycles. The monoisotopic (exact) mass is 341 g/mol. The second-order valence-corrected chi connectivity index (χ2v) is 7.17. The van der Waals surface area contributed by atoms with Crippen molar-refractivity contribution in [3.8, 4) is 11.5 Å². The summed E-state index contributed by atoms with van der Waals surface area (Å²) in [6.45, 7) is 6.74. The summed E-state index contributed by atoms with van der Waals surface area (Å²) in [5.41, 5.74) is 6.52. The van der Waals surface area contributed by atoms with E-state index in [9.17, 15) is 4.79 Å². The lowest BCUT2D eigenvalue weighted by Crippen LogP contribution is -2.18. The number of nitrogens with two attached hydrogens (primary N) is 1. The lowest BCUT2D eigenvalue weighted by Gasteiger charge is -2.15.